The Hall–Kier alpha value is -1.70. The fourth-order valence-electron chi connectivity index (χ4n) is 2.06. The summed E-state index contributed by atoms with van der Waals surface area (Å²) in [6, 6.07) is 19.9. The van der Waals surface area contributed by atoms with Crippen molar-refractivity contribution in [1.82, 2.24) is 4.98 Å². The highest BCUT2D eigenvalue weighted by Crippen LogP contribution is 2.40. The van der Waals surface area contributed by atoms with Gasteiger partial charge in [-0.05, 0) is 11.1 Å². The fourth-order valence-corrected chi connectivity index (χ4v) is 2.56. The van der Waals surface area contributed by atoms with Gasteiger partial charge >= 0.3 is 0 Å². The van der Waals surface area contributed by atoms with Crippen LogP contribution in [0.15, 0.2) is 60.7 Å². The van der Waals surface area contributed by atoms with Gasteiger partial charge in [-0.1, -0.05) is 83.9 Å². The predicted molar refractivity (Wildman–Crippen MR) is 81.7 cm³/mol. The molecule has 0 aliphatic heterocycles. The molecule has 0 bridgehead atoms. The van der Waals surface area contributed by atoms with Crippen molar-refractivity contribution in [2.75, 3.05) is 0 Å². The van der Waals surface area contributed by atoms with Crippen molar-refractivity contribution in [1.29, 1.82) is 0 Å². The molecule has 0 fully saturated rings. The third kappa shape index (κ3) is 2.27. The van der Waals surface area contributed by atoms with Crippen molar-refractivity contribution in [3.8, 4) is 22.5 Å². The van der Waals surface area contributed by atoms with Gasteiger partial charge in [0.2, 0.25) is 0 Å². The van der Waals surface area contributed by atoms with E-state index in [2.05, 4.69) is 4.98 Å². The van der Waals surface area contributed by atoms with E-state index < -0.39 is 0 Å². The number of aromatic amines is 1. The first-order valence-electron chi connectivity index (χ1n) is 5.95. The van der Waals surface area contributed by atoms with E-state index in [9.17, 15) is 0 Å². The molecule has 0 saturated carbocycles. The Labute approximate surface area is 121 Å². The van der Waals surface area contributed by atoms with Crippen molar-refractivity contribution in [3.05, 3.63) is 70.7 Å². The average molecular weight is 288 g/mol. The molecule has 2 aromatic carbocycles. The number of hydrogen-bond donors (Lipinski definition) is 1. The Morgan fingerprint density at radius 3 is 1.32 bits per heavy atom. The van der Waals surface area contributed by atoms with Crippen LogP contribution in [0.25, 0.3) is 22.5 Å². The van der Waals surface area contributed by atoms with E-state index in [-0.39, 0.29) is 0 Å². The van der Waals surface area contributed by atoms with Crippen LogP contribution in [-0.2, 0) is 0 Å². The molecule has 1 nitrogen and oxygen atoms in total. The molecule has 94 valence electrons. The van der Waals surface area contributed by atoms with Gasteiger partial charge in [0, 0.05) is 0 Å². The Bertz CT molecular complexity index is 628. The second-order valence-corrected chi connectivity index (χ2v) is 4.99. The number of nitrogens with one attached hydrogen (secondary N) is 1. The Balaban J connectivity index is 2.16. The first-order chi connectivity index (χ1) is 9.27. The minimum atomic E-state index is 0.562. The van der Waals surface area contributed by atoms with Gasteiger partial charge in [-0.2, -0.15) is 0 Å². The molecule has 1 N–H and O–H groups in total. The molecule has 0 saturated heterocycles. The SMILES string of the molecule is Clc1c(-c2ccccc2)[nH]c(-c2ccccc2)c1Cl. The Morgan fingerprint density at radius 1 is 0.579 bits per heavy atom. The third-order valence-electron chi connectivity index (χ3n) is 3.01. The van der Waals surface area contributed by atoms with E-state index in [4.69, 9.17) is 23.2 Å². The average Bonchev–Trinajstić information content (AvgIpc) is 2.77. The van der Waals surface area contributed by atoms with Crippen molar-refractivity contribution in [2.24, 2.45) is 0 Å². The second kappa shape index (κ2) is 5.12. The minimum Gasteiger partial charge on any atom is -0.352 e. The maximum Gasteiger partial charge on any atom is 0.0854 e. The molecule has 1 heterocycles. The van der Waals surface area contributed by atoms with Crippen molar-refractivity contribution in [2.45, 2.75) is 0 Å². The number of rotatable bonds is 2. The second-order valence-electron chi connectivity index (χ2n) is 4.24. The molecule has 1 aromatic heterocycles. The molecule has 0 amide bonds. The van der Waals surface area contributed by atoms with Gasteiger partial charge in [-0.15, -0.1) is 0 Å². The molecule has 0 aliphatic rings. The first kappa shape index (κ1) is 12.3. The smallest absolute Gasteiger partial charge is 0.0854 e. The number of aromatic nitrogens is 1. The summed E-state index contributed by atoms with van der Waals surface area (Å²) in [6.45, 7) is 0. The minimum absolute atomic E-state index is 0.562. The maximum atomic E-state index is 6.34. The van der Waals surface area contributed by atoms with Gasteiger partial charge in [-0.3, -0.25) is 0 Å². The summed E-state index contributed by atoms with van der Waals surface area (Å²) in [5, 5.41) is 1.12. The summed E-state index contributed by atoms with van der Waals surface area (Å²) in [5.74, 6) is 0. The zero-order chi connectivity index (χ0) is 13.2. The molecular formula is C16H11Cl2N. The van der Waals surface area contributed by atoms with Crippen LogP contribution >= 0.6 is 23.2 Å². The summed E-state index contributed by atoms with van der Waals surface area (Å²) >= 11 is 12.7. The molecule has 19 heavy (non-hydrogen) atoms. The van der Waals surface area contributed by atoms with Gasteiger partial charge in [-0.25, -0.2) is 0 Å². The molecule has 3 rings (SSSR count). The molecule has 0 spiro atoms. The van der Waals surface area contributed by atoms with Crippen LogP contribution in [-0.4, -0.2) is 4.98 Å². The quantitative estimate of drug-likeness (QED) is 0.626. The highest BCUT2D eigenvalue weighted by Gasteiger charge is 2.16. The lowest BCUT2D eigenvalue weighted by molar-refractivity contribution is 1.39. The molecule has 3 aromatic rings. The Morgan fingerprint density at radius 2 is 0.947 bits per heavy atom. The van der Waals surface area contributed by atoms with Crippen LogP contribution < -0.4 is 0 Å². The zero-order valence-electron chi connectivity index (χ0n) is 10.0. The number of H-pyrrole nitrogens is 1. The van der Waals surface area contributed by atoms with Gasteiger partial charge in [0.25, 0.3) is 0 Å². The lowest BCUT2D eigenvalue weighted by Crippen LogP contribution is -1.79. The lowest BCUT2D eigenvalue weighted by Gasteiger charge is -1.99. The van der Waals surface area contributed by atoms with Crippen LogP contribution in [0.5, 0.6) is 0 Å². The van der Waals surface area contributed by atoms with Crippen LogP contribution in [0.3, 0.4) is 0 Å². The van der Waals surface area contributed by atoms with Crippen LogP contribution in [0.2, 0.25) is 10.0 Å². The number of benzene rings is 2. The monoisotopic (exact) mass is 287 g/mol. The van der Waals surface area contributed by atoms with Gasteiger partial charge in [0.1, 0.15) is 0 Å². The highest BCUT2D eigenvalue weighted by atomic mass is 35.5. The predicted octanol–water partition coefficient (Wildman–Crippen LogP) is 5.66. The van der Waals surface area contributed by atoms with Crippen LogP contribution in [0.4, 0.5) is 0 Å². The molecule has 0 radical (unpaired) electrons. The van der Waals surface area contributed by atoms with Gasteiger partial charge in [0.15, 0.2) is 0 Å². The molecular weight excluding hydrogens is 277 g/mol. The van der Waals surface area contributed by atoms with Crippen molar-refractivity contribution in [3.63, 3.8) is 0 Å². The van der Waals surface area contributed by atoms with E-state index in [1.54, 1.807) is 0 Å². The summed E-state index contributed by atoms with van der Waals surface area (Å²) in [7, 11) is 0. The molecule has 0 aliphatic carbocycles. The largest absolute Gasteiger partial charge is 0.352 e. The summed E-state index contributed by atoms with van der Waals surface area (Å²) in [4.78, 5) is 3.32. The van der Waals surface area contributed by atoms with Crippen LogP contribution in [0.1, 0.15) is 0 Å². The summed E-state index contributed by atoms with van der Waals surface area (Å²) in [6.07, 6.45) is 0. The van der Waals surface area contributed by atoms with Crippen LogP contribution in [0, 0.1) is 0 Å². The van der Waals surface area contributed by atoms with E-state index in [0.29, 0.717) is 10.0 Å². The molecule has 3 heteroatoms. The molecule has 0 atom stereocenters. The molecule has 0 unspecified atom stereocenters. The summed E-state index contributed by atoms with van der Waals surface area (Å²) in [5.41, 5.74) is 3.76. The van der Waals surface area contributed by atoms with E-state index in [0.717, 1.165) is 22.5 Å². The van der Waals surface area contributed by atoms with Gasteiger partial charge < -0.3 is 4.98 Å². The van der Waals surface area contributed by atoms with Crippen molar-refractivity contribution >= 4 is 23.2 Å². The van der Waals surface area contributed by atoms with Crippen molar-refractivity contribution < 1.29 is 0 Å². The van der Waals surface area contributed by atoms with E-state index in [1.165, 1.54) is 0 Å². The third-order valence-corrected chi connectivity index (χ3v) is 3.86. The van der Waals surface area contributed by atoms with E-state index >= 15 is 0 Å². The zero-order valence-corrected chi connectivity index (χ0v) is 11.5. The maximum absolute atomic E-state index is 6.34. The normalized spacial score (nSPS) is 10.6. The van der Waals surface area contributed by atoms with E-state index in [1.807, 2.05) is 60.7 Å². The van der Waals surface area contributed by atoms with Gasteiger partial charge in [0.05, 0.1) is 21.4 Å². The number of hydrogen-bond acceptors (Lipinski definition) is 0. The first-order valence-corrected chi connectivity index (χ1v) is 6.71. The topological polar surface area (TPSA) is 15.8 Å². The Kier molecular flexibility index (Phi) is 3.33. The summed E-state index contributed by atoms with van der Waals surface area (Å²) < 4.78 is 0. The highest BCUT2D eigenvalue weighted by molar-refractivity contribution is 6.45. The standard InChI is InChI=1S/C16H11Cl2N/c17-13-14(18)16(12-9-5-2-6-10-12)19-15(13)11-7-3-1-4-8-11/h1-10,19H. The lowest BCUT2D eigenvalue weighted by atomic mass is 10.1. The fraction of sp³-hybridized carbons (Fsp3) is 0. The number of halogens is 2.